The Bertz CT molecular complexity index is 396. The fourth-order valence-corrected chi connectivity index (χ4v) is 3.20. The van der Waals surface area contributed by atoms with Gasteiger partial charge in [-0.3, -0.25) is 14.4 Å². The zero-order chi connectivity index (χ0) is 13.3. The van der Waals surface area contributed by atoms with Crippen molar-refractivity contribution in [2.24, 2.45) is 0 Å². The smallest absolute Gasteiger partial charge is 0.323 e. The van der Waals surface area contributed by atoms with Crippen LogP contribution in [-0.2, 0) is 14.4 Å². The minimum Gasteiger partial charge on any atom is -0.480 e. The van der Waals surface area contributed by atoms with E-state index >= 15 is 0 Å². The van der Waals surface area contributed by atoms with E-state index in [9.17, 15) is 14.4 Å². The largest absolute Gasteiger partial charge is 0.480 e. The molecule has 0 radical (unpaired) electrons. The molecule has 0 aliphatic carbocycles. The number of rotatable bonds is 2. The van der Waals surface area contributed by atoms with Gasteiger partial charge in [0.1, 0.15) is 12.1 Å². The van der Waals surface area contributed by atoms with Crippen LogP contribution in [0.2, 0.25) is 0 Å². The maximum absolute atomic E-state index is 12.5. The molecule has 0 aromatic rings. The Hall–Kier alpha value is -1.59. The third-order valence-electron chi connectivity index (χ3n) is 3.90. The van der Waals surface area contributed by atoms with Crippen LogP contribution >= 0.6 is 0 Å². The molecule has 1 N–H and O–H groups in total. The average molecular weight is 254 g/mol. The fourth-order valence-electron chi connectivity index (χ4n) is 3.20. The maximum Gasteiger partial charge on any atom is 0.323 e. The lowest BCUT2D eigenvalue weighted by Crippen LogP contribution is -2.61. The molecule has 6 nitrogen and oxygen atoms in total. The summed E-state index contributed by atoms with van der Waals surface area (Å²) in [5.74, 6) is -1.30. The number of likely N-dealkylation sites (tertiary alicyclic amines) is 2. The van der Waals surface area contributed by atoms with Crippen LogP contribution in [0.4, 0.5) is 0 Å². The Morgan fingerprint density at radius 3 is 2.44 bits per heavy atom. The number of amides is 2. The zero-order valence-corrected chi connectivity index (χ0v) is 10.5. The van der Waals surface area contributed by atoms with E-state index in [-0.39, 0.29) is 18.4 Å². The molecule has 1 spiro atoms. The van der Waals surface area contributed by atoms with Crippen molar-refractivity contribution in [2.45, 2.75) is 38.1 Å². The number of aliphatic carboxylic acids is 1. The van der Waals surface area contributed by atoms with Gasteiger partial charge in [0.2, 0.25) is 11.8 Å². The Labute approximate surface area is 106 Å². The maximum atomic E-state index is 12.5. The van der Waals surface area contributed by atoms with Gasteiger partial charge in [0.05, 0.1) is 0 Å². The molecule has 2 amide bonds. The summed E-state index contributed by atoms with van der Waals surface area (Å²) < 4.78 is 0. The molecule has 2 saturated heterocycles. The van der Waals surface area contributed by atoms with Gasteiger partial charge in [-0.1, -0.05) is 0 Å². The second-order valence-corrected chi connectivity index (χ2v) is 5.03. The first-order valence-corrected chi connectivity index (χ1v) is 6.27. The second kappa shape index (κ2) is 4.59. The molecule has 0 saturated carbocycles. The number of hydrogen-bond donors (Lipinski definition) is 1. The number of hydrogen-bond acceptors (Lipinski definition) is 3. The Balaban J connectivity index is 2.24. The fraction of sp³-hybridized carbons (Fsp3) is 0.750. The zero-order valence-electron chi connectivity index (χ0n) is 10.5. The predicted molar refractivity (Wildman–Crippen MR) is 62.8 cm³/mol. The van der Waals surface area contributed by atoms with Crippen LogP contribution in [0.25, 0.3) is 0 Å². The summed E-state index contributed by atoms with van der Waals surface area (Å²) in [6, 6.07) is 0. The summed E-state index contributed by atoms with van der Waals surface area (Å²) in [6.45, 7) is 2.27. The summed E-state index contributed by atoms with van der Waals surface area (Å²) in [7, 11) is 0. The highest BCUT2D eigenvalue weighted by Gasteiger charge is 2.52. The van der Waals surface area contributed by atoms with E-state index in [0.717, 1.165) is 12.8 Å². The van der Waals surface area contributed by atoms with Crippen molar-refractivity contribution in [3.63, 3.8) is 0 Å². The summed E-state index contributed by atoms with van der Waals surface area (Å²) in [5.41, 5.74) is -0.764. The van der Waals surface area contributed by atoms with E-state index in [0.29, 0.717) is 25.9 Å². The van der Waals surface area contributed by atoms with Crippen LogP contribution in [0.5, 0.6) is 0 Å². The van der Waals surface area contributed by atoms with Crippen molar-refractivity contribution in [1.29, 1.82) is 0 Å². The summed E-state index contributed by atoms with van der Waals surface area (Å²) in [6.07, 6.45) is 2.87. The quantitative estimate of drug-likeness (QED) is 0.756. The van der Waals surface area contributed by atoms with E-state index in [2.05, 4.69) is 0 Å². The van der Waals surface area contributed by atoms with Crippen LogP contribution in [0.3, 0.4) is 0 Å². The Morgan fingerprint density at radius 1 is 1.28 bits per heavy atom. The average Bonchev–Trinajstić information content (AvgIpc) is 2.69. The Morgan fingerprint density at radius 2 is 1.89 bits per heavy atom. The standard InChI is InChI=1S/C12H18N2O4/c1-9(15)14-7-3-5-12(14)4-2-6-13(11(12)18)8-10(16)17/h2-8H2,1H3,(H,16,17). The molecule has 0 aromatic carbocycles. The van der Waals surface area contributed by atoms with Crippen molar-refractivity contribution < 1.29 is 19.5 Å². The lowest BCUT2D eigenvalue weighted by molar-refractivity contribution is -0.157. The molecule has 2 fully saturated rings. The molecular formula is C12H18N2O4. The van der Waals surface area contributed by atoms with E-state index < -0.39 is 11.5 Å². The number of carboxylic acid groups (broad SMARTS) is 1. The normalized spacial score (nSPS) is 27.9. The van der Waals surface area contributed by atoms with Crippen LogP contribution in [0.1, 0.15) is 32.6 Å². The number of carbonyl (C=O) groups is 3. The highest BCUT2D eigenvalue weighted by Crippen LogP contribution is 2.38. The van der Waals surface area contributed by atoms with E-state index in [4.69, 9.17) is 5.11 Å². The predicted octanol–water partition coefficient (Wildman–Crippen LogP) is 0.0745. The highest BCUT2D eigenvalue weighted by atomic mass is 16.4. The van der Waals surface area contributed by atoms with E-state index in [1.165, 1.54) is 11.8 Å². The summed E-state index contributed by atoms with van der Waals surface area (Å²) in [5, 5.41) is 8.82. The van der Waals surface area contributed by atoms with Gasteiger partial charge in [0.25, 0.3) is 0 Å². The van der Waals surface area contributed by atoms with Crippen LogP contribution < -0.4 is 0 Å². The minimum atomic E-state index is -1.01. The van der Waals surface area contributed by atoms with Crippen molar-refractivity contribution in [3.8, 4) is 0 Å². The van der Waals surface area contributed by atoms with Crippen molar-refractivity contribution in [2.75, 3.05) is 19.6 Å². The van der Waals surface area contributed by atoms with Crippen molar-refractivity contribution >= 4 is 17.8 Å². The first kappa shape index (κ1) is 12.9. The first-order valence-electron chi connectivity index (χ1n) is 6.27. The SMILES string of the molecule is CC(=O)N1CCCC12CCCN(CC(=O)O)C2=O. The van der Waals surface area contributed by atoms with Crippen LogP contribution in [0, 0.1) is 0 Å². The van der Waals surface area contributed by atoms with Gasteiger partial charge in [0, 0.05) is 20.0 Å². The molecular weight excluding hydrogens is 236 g/mol. The molecule has 18 heavy (non-hydrogen) atoms. The number of nitrogens with zero attached hydrogens (tertiary/aromatic N) is 2. The monoisotopic (exact) mass is 254 g/mol. The number of piperidine rings is 1. The molecule has 2 rings (SSSR count). The van der Waals surface area contributed by atoms with E-state index in [1.807, 2.05) is 0 Å². The van der Waals surface area contributed by atoms with Crippen molar-refractivity contribution in [1.82, 2.24) is 9.80 Å². The molecule has 1 atom stereocenters. The third-order valence-corrected chi connectivity index (χ3v) is 3.90. The van der Waals surface area contributed by atoms with Gasteiger partial charge < -0.3 is 14.9 Å². The van der Waals surface area contributed by atoms with Gasteiger partial charge >= 0.3 is 5.97 Å². The highest BCUT2D eigenvalue weighted by molar-refractivity contribution is 5.93. The lowest BCUT2D eigenvalue weighted by Gasteiger charge is -2.43. The molecule has 100 valence electrons. The molecule has 1 unspecified atom stereocenters. The topological polar surface area (TPSA) is 77.9 Å². The summed E-state index contributed by atoms with van der Waals surface area (Å²) >= 11 is 0. The van der Waals surface area contributed by atoms with Gasteiger partial charge in [-0.05, 0) is 25.7 Å². The van der Waals surface area contributed by atoms with Crippen LogP contribution in [0.15, 0.2) is 0 Å². The summed E-state index contributed by atoms with van der Waals surface area (Å²) in [4.78, 5) is 37.9. The number of carbonyl (C=O) groups excluding carboxylic acids is 2. The van der Waals surface area contributed by atoms with Gasteiger partial charge in [-0.2, -0.15) is 0 Å². The molecule has 0 aromatic heterocycles. The number of carboxylic acids is 1. The molecule has 2 aliphatic heterocycles. The van der Waals surface area contributed by atoms with Gasteiger partial charge in [-0.25, -0.2) is 0 Å². The first-order chi connectivity index (χ1) is 8.47. The molecule has 2 aliphatic rings. The molecule has 0 bridgehead atoms. The van der Waals surface area contributed by atoms with Gasteiger partial charge in [0.15, 0.2) is 0 Å². The Kier molecular flexibility index (Phi) is 3.28. The van der Waals surface area contributed by atoms with E-state index in [1.54, 1.807) is 4.90 Å². The van der Waals surface area contributed by atoms with Crippen LogP contribution in [-0.4, -0.2) is 57.9 Å². The minimum absolute atomic E-state index is 0.0991. The second-order valence-electron chi connectivity index (χ2n) is 5.03. The van der Waals surface area contributed by atoms with Gasteiger partial charge in [-0.15, -0.1) is 0 Å². The third kappa shape index (κ3) is 1.95. The van der Waals surface area contributed by atoms with Crippen molar-refractivity contribution in [3.05, 3.63) is 0 Å². The molecule has 2 heterocycles. The lowest BCUT2D eigenvalue weighted by atomic mass is 9.85. The molecule has 6 heteroatoms.